The number of nitrogens with zero attached hydrogens (tertiary/aromatic N) is 2. The predicted molar refractivity (Wildman–Crippen MR) is 97.9 cm³/mol. The second-order valence-corrected chi connectivity index (χ2v) is 7.09. The highest BCUT2D eigenvalue weighted by Gasteiger charge is 2.22. The summed E-state index contributed by atoms with van der Waals surface area (Å²) in [7, 11) is 0. The topological polar surface area (TPSA) is 77.2 Å². The summed E-state index contributed by atoms with van der Waals surface area (Å²) in [6.45, 7) is 0.554. The summed E-state index contributed by atoms with van der Waals surface area (Å²) in [5.41, 5.74) is 1.55. The quantitative estimate of drug-likeness (QED) is 0.718. The van der Waals surface area contributed by atoms with Crippen LogP contribution in [0.2, 0.25) is 0 Å². The Balaban J connectivity index is 1.38. The van der Waals surface area contributed by atoms with E-state index in [0.29, 0.717) is 42.5 Å². The molecule has 1 aliphatic heterocycles. The average molecular weight is 387 g/mol. The van der Waals surface area contributed by atoms with Crippen LogP contribution in [0.1, 0.15) is 36.8 Å². The van der Waals surface area contributed by atoms with Crippen LogP contribution in [0.25, 0.3) is 11.5 Å². The number of hydrogen-bond donors (Lipinski definition) is 1. The SMILES string of the molecule is O=C(CCc1nnc(-c2ccsc2)o1)N[C@H]1CCCOc2ccc(F)cc21. The van der Waals surface area contributed by atoms with Gasteiger partial charge in [-0.15, -0.1) is 10.2 Å². The molecule has 3 heterocycles. The maximum Gasteiger partial charge on any atom is 0.248 e. The average Bonchev–Trinajstić information content (AvgIpc) is 3.31. The number of thiophene rings is 1. The maximum absolute atomic E-state index is 13.6. The zero-order chi connectivity index (χ0) is 18.6. The fourth-order valence-electron chi connectivity index (χ4n) is 3.04. The van der Waals surface area contributed by atoms with Gasteiger partial charge in [0.1, 0.15) is 11.6 Å². The van der Waals surface area contributed by atoms with E-state index in [2.05, 4.69) is 15.5 Å². The molecule has 0 spiro atoms. The number of nitrogens with one attached hydrogen (secondary N) is 1. The molecule has 4 rings (SSSR count). The highest BCUT2D eigenvalue weighted by molar-refractivity contribution is 7.08. The lowest BCUT2D eigenvalue weighted by Crippen LogP contribution is -2.28. The molecule has 0 unspecified atom stereocenters. The molecule has 1 aliphatic rings. The summed E-state index contributed by atoms with van der Waals surface area (Å²) < 4.78 is 24.9. The first-order chi connectivity index (χ1) is 13.2. The van der Waals surface area contributed by atoms with E-state index in [9.17, 15) is 9.18 Å². The maximum atomic E-state index is 13.6. The molecule has 0 aliphatic carbocycles. The Morgan fingerprint density at radius 2 is 2.26 bits per heavy atom. The van der Waals surface area contributed by atoms with Crippen LogP contribution in [0, 0.1) is 5.82 Å². The zero-order valence-corrected chi connectivity index (χ0v) is 15.3. The van der Waals surface area contributed by atoms with Crippen LogP contribution in [0.4, 0.5) is 4.39 Å². The molecule has 6 nitrogen and oxygen atoms in total. The second kappa shape index (κ2) is 7.87. The van der Waals surface area contributed by atoms with Gasteiger partial charge in [0.2, 0.25) is 17.7 Å². The van der Waals surface area contributed by atoms with E-state index in [1.54, 1.807) is 17.4 Å². The molecule has 27 heavy (non-hydrogen) atoms. The van der Waals surface area contributed by atoms with Gasteiger partial charge >= 0.3 is 0 Å². The third-order valence-electron chi connectivity index (χ3n) is 4.38. The smallest absolute Gasteiger partial charge is 0.248 e. The van der Waals surface area contributed by atoms with Gasteiger partial charge in [0.25, 0.3) is 0 Å². The molecule has 1 amide bonds. The van der Waals surface area contributed by atoms with E-state index >= 15 is 0 Å². The van der Waals surface area contributed by atoms with E-state index in [0.717, 1.165) is 12.0 Å². The standard InChI is InChI=1S/C19H18FN3O3S/c20-13-3-4-16-14(10-13)15(2-1-8-25-16)21-17(24)5-6-18-22-23-19(26-18)12-7-9-27-11-12/h3-4,7,9-11,15H,1-2,5-6,8H2,(H,21,24)/t15-/m0/s1. The largest absolute Gasteiger partial charge is 0.493 e. The van der Waals surface area contributed by atoms with Crippen LogP contribution >= 0.6 is 11.3 Å². The van der Waals surface area contributed by atoms with Crippen LogP contribution in [0.3, 0.4) is 0 Å². The third kappa shape index (κ3) is 4.16. The minimum atomic E-state index is -0.342. The molecule has 1 aromatic carbocycles. The number of fused-ring (bicyclic) bond motifs is 1. The number of hydrogen-bond acceptors (Lipinski definition) is 6. The lowest BCUT2D eigenvalue weighted by molar-refractivity contribution is -0.121. The molecule has 0 bridgehead atoms. The van der Waals surface area contributed by atoms with Gasteiger partial charge < -0.3 is 14.5 Å². The van der Waals surface area contributed by atoms with Crippen LogP contribution in [0.15, 0.2) is 39.4 Å². The summed E-state index contributed by atoms with van der Waals surface area (Å²) in [5, 5.41) is 14.8. The number of ether oxygens (including phenoxy) is 1. The van der Waals surface area contributed by atoms with Gasteiger partial charge in [-0.1, -0.05) is 0 Å². The number of rotatable bonds is 5. The van der Waals surface area contributed by atoms with Gasteiger partial charge in [0, 0.05) is 29.3 Å². The molecule has 0 radical (unpaired) electrons. The lowest BCUT2D eigenvalue weighted by Gasteiger charge is -2.18. The Morgan fingerprint density at radius 3 is 3.11 bits per heavy atom. The van der Waals surface area contributed by atoms with Gasteiger partial charge in [-0.25, -0.2) is 4.39 Å². The first-order valence-corrected chi connectivity index (χ1v) is 9.70. The Hall–Kier alpha value is -2.74. The van der Waals surface area contributed by atoms with Gasteiger partial charge in [-0.05, 0) is 42.5 Å². The molecule has 8 heteroatoms. The van der Waals surface area contributed by atoms with Crippen molar-refractivity contribution in [3.05, 3.63) is 52.3 Å². The fourth-order valence-corrected chi connectivity index (χ4v) is 3.67. The summed E-state index contributed by atoms with van der Waals surface area (Å²) in [4.78, 5) is 12.4. The van der Waals surface area contributed by atoms with Gasteiger partial charge in [0.15, 0.2) is 0 Å². The Morgan fingerprint density at radius 1 is 1.33 bits per heavy atom. The van der Waals surface area contributed by atoms with E-state index in [4.69, 9.17) is 9.15 Å². The minimum Gasteiger partial charge on any atom is -0.493 e. The van der Waals surface area contributed by atoms with Crippen LogP contribution in [-0.4, -0.2) is 22.7 Å². The Labute approximate surface area is 159 Å². The number of carbonyl (C=O) groups excluding carboxylic acids is 1. The summed E-state index contributed by atoms with van der Waals surface area (Å²) in [6, 6.07) is 6.04. The number of aryl methyl sites for hydroxylation is 1. The molecule has 2 aromatic heterocycles. The van der Waals surface area contributed by atoms with Crippen molar-refractivity contribution in [2.24, 2.45) is 0 Å². The van der Waals surface area contributed by atoms with Crippen LogP contribution < -0.4 is 10.1 Å². The van der Waals surface area contributed by atoms with Crippen molar-refractivity contribution in [3.63, 3.8) is 0 Å². The first kappa shape index (κ1) is 17.7. The number of aromatic nitrogens is 2. The van der Waals surface area contributed by atoms with Crippen molar-refractivity contribution in [3.8, 4) is 17.2 Å². The van der Waals surface area contributed by atoms with E-state index in [1.807, 2.05) is 16.8 Å². The number of halogens is 1. The molecule has 0 saturated heterocycles. The van der Waals surface area contributed by atoms with Gasteiger partial charge in [0.05, 0.1) is 12.6 Å². The molecule has 3 aromatic rings. The molecule has 1 atom stereocenters. The van der Waals surface area contributed by atoms with Crippen molar-refractivity contribution in [1.29, 1.82) is 0 Å². The summed E-state index contributed by atoms with van der Waals surface area (Å²) in [5.74, 6) is 1.01. The molecule has 0 fully saturated rings. The summed E-state index contributed by atoms with van der Waals surface area (Å²) in [6.07, 6.45) is 2.05. The normalized spacial score (nSPS) is 16.3. The number of carbonyl (C=O) groups is 1. The predicted octanol–water partition coefficient (Wildman–Crippen LogP) is 3.90. The fraction of sp³-hybridized carbons (Fsp3) is 0.316. The van der Waals surface area contributed by atoms with E-state index in [1.165, 1.54) is 12.1 Å². The van der Waals surface area contributed by atoms with Gasteiger partial charge in [-0.2, -0.15) is 11.3 Å². The van der Waals surface area contributed by atoms with Crippen LogP contribution in [-0.2, 0) is 11.2 Å². The van der Waals surface area contributed by atoms with Crippen molar-refractivity contribution < 1.29 is 18.3 Å². The van der Waals surface area contributed by atoms with Crippen molar-refractivity contribution in [2.45, 2.75) is 31.7 Å². The minimum absolute atomic E-state index is 0.146. The highest BCUT2D eigenvalue weighted by Crippen LogP contribution is 2.32. The molecular weight excluding hydrogens is 369 g/mol. The molecule has 140 valence electrons. The summed E-state index contributed by atoms with van der Waals surface area (Å²) >= 11 is 1.55. The molecule has 1 N–H and O–H groups in total. The van der Waals surface area contributed by atoms with Gasteiger partial charge in [-0.3, -0.25) is 4.79 Å². The van der Waals surface area contributed by atoms with Crippen molar-refractivity contribution >= 4 is 17.2 Å². The van der Waals surface area contributed by atoms with Crippen molar-refractivity contribution in [1.82, 2.24) is 15.5 Å². The van der Waals surface area contributed by atoms with E-state index < -0.39 is 0 Å². The van der Waals surface area contributed by atoms with E-state index in [-0.39, 0.29) is 24.2 Å². The van der Waals surface area contributed by atoms with Crippen LogP contribution in [0.5, 0.6) is 5.75 Å². The first-order valence-electron chi connectivity index (χ1n) is 8.75. The van der Waals surface area contributed by atoms with Crippen molar-refractivity contribution in [2.75, 3.05) is 6.61 Å². The second-order valence-electron chi connectivity index (χ2n) is 6.31. The number of benzene rings is 1. The third-order valence-corrected chi connectivity index (χ3v) is 5.06. The molecular formula is C19H18FN3O3S. The lowest BCUT2D eigenvalue weighted by atomic mass is 10.0. The number of amides is 1. The monoisotopic (exact) mass is 387 g/mol. The Bertz CT molecular complexity index is 926. The zero-order valence-electron chi connectivity index (χ0n) is 14.5. The Kier molecular flexibility index (Phi) is 5.15. The molecule has 0 saturated carbocycles. The highest BCUT2D eigenvalue weighted by atomic mass is 32.1.